The van der Waals surface area contributed by atoms with Gasteiger partial charge in [0, 0.05) is 30.5 Å². The fourth-order valence-electron chi connectivity index (χ4n) is 3.55. The van der Waals surface area contributed by atoms with E-state index in [0.717, 1.165) is 18.2 Å². The maximum Gasteiger partial charge on any atom is 0.246 e. The topological polar surface area (TPSA) is 69.6 Å². The second kappa shape index (κ2) is 8.64. The summed E-state index contributed by atoms with van der Waals surface area (Å²) >= 11 is 0. The Balaban J connectivity index is 1.88. The molecule has 31 heavy (non-hydrogen) atoms. The van der Waals surface area contributed by atoms with Crippen molar-refractivity contribution in [1.82, 2.24) is 4.31 Å². The quantitative estimate of drug-likeness (QED) is 0.702. The second-order valence-corrected chi connectivity index (χ2v) is 10.00. The fourth-order valence-corrected chi connectivity index (χ4v) is 5.12. The van der Waals surface area contributed by atoms with Gasteiger partial charge in [-0.15, -0.1) is 0 Å². The van der Waals surface area contributed by atoms with Gasteiger partial charge in [0.05, 0.1) is 5.60 Å². The second-order valence-electron chi connectivity index (χ2n) is 8.09. The molecule has 1 unspecified atom stereocenters. The molecule has 0 radical (unpaired) electrons. The largest absolute Gasteiger partial charge is 0.390 e. The zero-order valence-electron chi connectivity index (χ0n) is 17.4. The number of anilines is 1. The summed E-state index contributed by atoms with van der Waals surface area (Å²) in [4.78, 5) is -0.504. The molecular formula is C22H25F3N2O3S. The van der Waals surface area contributed by atoms with Crippen LogP contribution in [0.15, 0.2) is 41.8 Å². The molecule has 0 spiro atoms. The van der Waals surface area contributed by atoms with Crippen molar-refractivity contribution in [2.24, 2.45) is 0 Å². The Kier molecular flexibility index (Phi) is 6.50. The molecule has 0 aromatic heterocycles. The number of sulfonamides is 1. The molecule has 0 amide bonds. The normalized spacial score (nSPS) is 20.3. The van der Waals surface area contributed by atoms with Crippen LogP contribution >= 0.6 is 0 Å². The Morgan fingerprint density at radius 3 is 2.52 bits per heavy atom. The van der Waals surface area contributed by atoms with E-state index in [9.17, 15) is 26.7 Å². The minimum atomic E-state index is -4.15. The van der Waals surface area contributed by atoms with Gasteiger partial charge in [-0.2, -0.15) is 4.31 Å². The summed E-state index contributed by atoms with van der Waals surface area (Å²) in [5.41, 5.74) is -0.171. The standard InChI is InChI=1S/C22H25F3N2O3S/c1-14-11-17(13-19(24)21(14)25)26-15(2)16-5-6-18(23)20(12-16)31(29,30)27-9-4-7-22(3,28)8-10-27/h5-6,11-13,26,28H,2,4,7-10H2,1,3H3. The lowest BCUT2D eigenvalue weighted by molar-refractivity contribution is 0.0465. The lowest BCUT2D eigenvalue weighted by Gasteiger charge is -2.23. The van der Waals surface area contributed by atoms with Gasteiger partial charge in [-0.25, -0.2) is 21.6 Å². The molecule has 2 aromatic carbocycles. The number of aliphatic hydroxyl groups is 1. The molecule has 9 heteroatoms. The molecule has 1 atom stereocenters. The fraction of sp³-hybridized carbons (Fsp3) is 0.364. The van der Waals surface area contributed by atoms with E-state index in [1.165, 1.54) is 23.4 Å². The van der Waals surface area contributed by atoms with E-state index in [-0.39, 0.29) is 42.0 Å². The van der Waals surface area contributed by atoms with E-state index in [2.05, 4.69) is 11.9 Å². The highest BCUT2D eigenvalue weighted by molar-refractivity contribution is 7.89. The summed E-state index contributed by atoms with van der Waals surface area (Å²) < 4.78 is 69.0. The highest BCUT2D eigenvalue weighted by atomic mass is 32.2. The molecule has 1 fully saturated rings. The van der Waals surface area contributed by atoms with Crippen LogP contribution in [-0.4, -0.2) is 36.5 Å². The van der Waals surface area contributed by atoms with Gasteiger partial charge >= 0.3 is 0 Å². The maximum absolute atomic E-state index is 14.5. The molecular weight excluding hydrogens is 429 g/mol. The SMILES string of the molecule is C=C(Nc1cc(C)c(F)c(F)c1)c1ccc(F)c(S(=O)(=O)N2CCCC(C)(O)CC2)c1. The summed E-state index contributed by atoms with van der Waals surface area (Å²) in [5, 5.41) is 13.0. The predicted octanol–water partition coefficient (Wildman–Crippen LogP) is 4.42. The Labute approximate surface area is 180 Å². The molecule has 1 heterocycles. The number of hydrogen-bond donors (Lipinski definition) is 2. The molecule has 0 aliphatic carbocycles. The van der Waals surface area contributed by atoms with Crippen molar-refractivity contribution in [2.75, 3.05) is 18.4 Å². The first-order valence-corrected chi connectivity index (χ1v) is 11.3. The van der Waals surface area contributed by atoms with Crippen LogP contribution in [-0.2, 0) is 10.0 Å². The predicted molar refractivity (Wildman–Crippen MR) is 113 cm³/mol. The van der Waals surface area contributed by atoms with E-state index < -0.39 is 38.0 Å². The number of rotatable bonds is 5. The first-order chi connectivity index (χ1) is 14.4. The lowest BCUT2D eigenvalue weighted by atomic mass is 9.98. The van der Waals surface area contributed by atoms with Gasteiger partial charge in [0.1, 0.15) is 10.7 Å². The van der Waals surface area contributed by atoms with Crippen molar-refractivity contribution >= 4 is 21.4 Å². The summed E-state index contributed by atoms with van der Waals surface area (Å²) in [5.74, 6) is -2.89. The Morgan fingerprint density at radius 2 is 1.84 bits per heavy atom. The third-order valence-electron chi connectivity index (χ3n) is 5.43. The number of benzene rings is 2. The summed E-state index contributed by atoms with van der Waals surface area (Å²) in [6.07, 6.45) is 1.16. The molecule has 1 aliphatic rings. The number of halogens is 3. The molecule has 0 saturated carbocycles. The first kappa shape index (κ1) is 23.3. The van der Waals surface area contributed by atoms with Crippen molar-refractivity contribution < 1.29 is 26.7 Å². The van der Waals surface area contributed by atoms with Crippen LogP contribution in [0.5, 0.6) is 0 Å². The van der Waals surface area contributed by atoms with Crippen LogP contribution in [0.1, 0.15) is 37.3 Å². The van der Waals surface area contributed by atoms with Gasteiger partial charge < -0.3 is 10.4 Å². The molecule has 2 aromatic rings. The molecule has 2 N–H and O–H groups in total. The van der Waals surface area contributed by atoms with Crippen LogP contribution in [0.25, 0.3) is 5.70 Å². The molecule has 3 rings (SSSR count). The molecule has 5 nitrogen and oxygen atoms in total. The van der Waals surface area contributed by atoms with Crippen molar-refractivity contribution in [2.45, 2.75) is 43.6 Å². The third-order valence-corrected chi connectivity index (χ3v) is 7.34. The summed E-state index contributed by atoms with van der Waals surface area (Å²) in [6, 6.07) is 5.88. The van der Waals surface area contributed by atoms with E-state index in [1.54, 1.807) is 6.92 Å². The van der Waals surface area contributed by atoms with Gasteiger partial charge in [-0.1, -0.05) is 6.58 Å². The smallest absolute Gasteiger partial charge is 0.246 e. The molecule has 1 aliphatic heterocycles. The number of aryl methyl sites for hydroxylation is 1. The van der Waals surface area contributed by atoms with E-state index >= 15 is 0 Å². The Bertz CT molecular complexity index is 1090. The third kappa shape index (κ3) is 5.11. The van der Waals surface area contributed by atoms with Crippen LogP contribution in [0, 0.1) is 24.4 Å². The van der Waals surface area contributed by atoms with Crippen LogP contribution in [0.2, 0.25) is 0 Å². The van der Waals surface area contributed by atoms with Gasteiger partial charge in [-0.05, 0) is 68.5 Å². The zero-order chi connectivity index (χ0) is 23.0. The minimum absolute atomic E-state index is 0.0757. The van der Waals surface area contributed by atoms with Crippen molar-refractivity contribution in [3.05, 3.63) is 65.5 Å². The minimum Gasteiger partial charge on any atom is -0.390 e. The number of nitrogens with zero attached hydrogens (tertiary/aromatic N) is 1. The van der Waals surface area contributed by atoms with Gasteiger partial charge in [-0.3, -0.25) is 0 Å². The lowest BCUT2D eigenvalue weighted by Crippen LogP contribution is -2.34. The Morgan fingerprint density at radius 1 is 1.13 bits per heavy atom. The number of hydrogen-bond acceptors (Lipinski definition) is 4. The molecule has 1 saturated heterocycles. The van der Waals surface area contributed by atoms with Crippen LogP contribution in [0.3, 0.4) is 0 Å². The zero-order valence-corrected chi connectivity index (χ0v) is 18.2. The van der Waals surface area contributed by atoms with Gasteiger partial charge in [0.25, 0.3) is 0 Å². The Hall–Kier alpha value is -2.36. The molecule has 0 bridgehead atoms. The van der Waals surface area contributed by atoms with E-state index in [1.807, 2.05) is 0 Å². The van der Waals surface area contributed by atoms with Gasteiger partial charge in [0.2, 0.25) is 10.0 Å². The summed E-state index contributed by atoms with van der Waals surface area (Å²) in [6.45, 7) is 7.12. The highest BCUT2D eigenvalue weighted by Crippen LogP contribution is 2.29. The van der Waals surface area contributed by atoms with Crippen LogP contribution in [0.4, 0.5) is 18.9 Å². The molecule has 168 valence electrons. The first-order valence-electron chi connectivity index (χ1n) is 9.85. The maximum atomic E-state index is 14.5. The average molecular weight is 455 g/mol. The average Bonchev–Trinajstić information content (AvgIpc) is 2.87. The van der Waals surface area contributed by atoms with Crippen LogP contribution < -0.4 is 5.32 Å². The van der Waals surface area contributed by atoms with Gasteiger partial charge in [0.15, 0.2) is 11.6 Å². The number of nitrogens with one attached hydrogen (secondary N) is 1. The van der Waals surface area contributed by atoms with Crippen molar-refractivity contribution in [1.29, 1.82) is 0 Å². The summed E-state index contributed by atoms with van der Waals surface area (Å²) in [7, 11) is -4.15. The van der Waals surface area contributed by atoms with E-state index in [4.69, 9.17) is 0 Å². The van der Waals surface area contributed by atoms with Crippen molar-refractivity contribution in [3.8, 4) is 0 Å². The highest BCUT2D eigenvalue weighted by Gasteiger charge is 2.33. The van der Waals surface area contributed by atoms with Crippen molar-refractivity contribution in [3.63, 3.8) is 0 Å². The van der Waals surface area contributed by atoms with E-state index in [0.29, 0.717) is 12.8 Å². The monoisotopic (exact) mass is 454 g/mol.